The van der Waals surface area contributed by atoms with Gasteiger partial charge >= 0.3 is 0 Å². The molecule has 0 fully saturated rings. The first-order valence-corrected chi connectivity index (χ1v) is 9.75. The molecule has 0 spiro atoms. The second kappa shape index (κ2) is 8.27. The number of halogens is 2. The molecule has 0 aliphatic rings. The molecule has 2 aromatic carbocycles. The zero-order valence-corrected chi connectivity index (χ0v) is 17.1. The van der Waals surface area contributed by atoms with Crippen LogP contribution >= 0.6 is 11.6 Å². The highest BCUT2D eigenvalue weighted by Gasteiger charge is 2.28. The zero-order chi connectivity index (χ0) is 20.3. The number of carbonyl (C=O) groups is 1. The van der Waals surface area contributed by atoms with Crippen LogP contribution in [0.15, 0.2) is 54.7 Å². The van der Waals surface area contributed by atoms with Crippen molar-refractivity contribution in [2.75, 3.05) is 0 Å². The van der Waals surface area contributed by atoms with E-state index in [4.69, 9.17) is 11.6 Å². The summed E-state index contributed by atoms with van der Waals surface area (Å²) < 4.78 is 13.8. The van der Waals surface area contributed by atoms with Crippen LogP contribution in [0, 0.1) is 11.7 Å². The summed E-state index contributed by atoms with van der Waals surface area (Å²) in [6.45, 7) is 6.31. The first kappa shape index (κ1) is 20.3. The maximum absolute atomic E-state index is 13.8. The number of hydrogen-bond acceptors (Lipinski definition) is 2. The smallest absolute Gasteiger partial charge is 0.253 e. The van der Waals surface area contributed by atoms with Gasteiger partial charge in [-0.05, 0) is 55.5 Å². The van der Waals surface area contributed by atoms with Crippen molar-refractivity contribution in [1.82, 2.24) is 10.3 Å². The number of pyridine rings is 1. The Morgan fingerprint density at radius 3 is 2.61 bits per heavy atom. The molecule has 1 heterocycles. The van der Waals surface area contributed by atoms with Gasteiger partial charge in [-0.1, -0.05) is 49.7 Å². The van der Waals surface area contributed by atoms with Gasteiger partial charge in [-0.2, -0.15) is 0 Å². The molecule has 3 rings (SSSR count). The van der Waals surface area contributed by atoms with Crippen molar-refractivity contribution in [2.45, 2.75) is 39.2 Å². The van der Waals surface area contributed by atoms with E-state index in [0.717, 1.165) is 12.0 Å². The Kier molecular flexibility index (Phi) is 5.99. The predicted molar refractivity (Wildman–Crippen MR) is 112 cm³/mol. The van der Waals surface area contributed by atoms with Gasteiger partial charge in [0.2, 0.25) is 0 Å². The Hall–Kier alpha value is -2.46. The molecule has 1 N–H and O–H groups in total. The topological polar surface area (TPSA) is 42.0 Å². The van der Waals surface area contributed by atoms with E-state index in [2.05, 4.69) is 24.1 Å². The van der Waals surface area contributed by atoms with Crippen molar-refractivity contribution in [3.8, 4) is 0 Å². The molecule has 0 saturated heterocycles. The van der Waals surface area contributed by atoms with Gasteiger partial charge in [0, 0.05) is 22.1 Å². The molecule has 0 saturated carbocycles. The van der Waals surface area contributed by atoms with Crippen molar-refractivity contribution in [3.63, 3.8) is 0 Å². The number of rotatable bonds is 6. The molecule has 0 radical (unpaired) electrons. The monoisotopic (exact) mass is 398 g/mol. The van der Waals surface area contributed by atoms with E-state index in [1.807, 2.05) is 31.2 Å². The van der Waals surface area contributed by atoms with Gasteiger partial charge in [-0.15, -0.1) is 0 Å². The van der Waals surface area contributed by atoms with Crippen molar-refractivity contribution in [1.29, 1.82) is 0 Å². The summed E-state index contributed by atoms with van der Waals surface area (Å²) >= 11 is 5.99. The molecule has 3 aromatic rings. The molecule has 1 aromatic heterocycles. The third-order valence-corrected chi connectivity index (χ3v) is 4.96. The largest absolute Gasteiger partial charge is 0.346 e. The summed E-state index contributed by atoms with van der Waals surface area (Å²) in [4.78, 5) is 17.1. The van der Waals surface area contributed by atoms with Crippen LogP contribution in [0.2, 0.25) is 5.02 Å². The van der Waals surface area contributed by atoms with Crippen molar-refractivity contribution in [3.05, 3.63) is 76.7 Å². The number of fused-ring (bicyclic) bond motifs is 1. The highest BCUT2D eigenvalue weighted by Crippen LogP contribution is 2.24. The standard InChI is InChI=1S/C23H24ClFN2O/c1-15(2)12-23(3,13-16-7-9-19(24)10-8-16)27-22(28)18-11-17-5-4-6-20(25)21(17)26-14-18/h4-11,14-15H,12-13H2,1-3H3,(H,27,28). The molecule has 28 heavy (non-hydrogen) atoms. The second-order valence-corrected chi connectivity index (χ2v) is 8.39. The molecule has 0 bridgehead atoms. The summed E-state index contributed by atoms with van der Waals surface area (Å²) in [5.41, 5.74) is 1.36. The lowest BCUT2D eigenvalue weighted by Gasteiger charge is -2.33. The number of nitrogens with one attached hydrogen (secondary N) is 1. The first-order chi connectivity index (χ1) is 13.3. The van der Waals surface area contributed by atoms with Crippen LogP contribution in [-0.2, 0) is 6.42 Å². The fourth-order valence-corrected chi connectivity index (χ4v) is 3.84. The molecule has 0 aliphatic heterocycles. The van der Waals surface area contributed by atoms with Gasteiger partial charge in [0.15, 0.2) is 0 Å². The third kappa shape index (κ3) is 4.87. The fraction of sp³-hybridized carbons (Fsp3) is 0.304. The van der Waals surface area contributed by atoms with Crippen LogP contribution in [-0.4, -0.2) is 16.4 Å². The molecule has 1 atom stereocenters. The average molecular weight is 399 g/mol. The lowest BCUT2D eigenvalue weighted by Crippen LogP contribution is -2.48. The van der Waals surface area contributed by atoms with E-state index < -0.39 is 11.4 Å². The Labute approximate surface area is 169 Å². The van der Waals surface area contributed by atoms with Gasteiger partial charge < -0.3 is 5.32 Å². The molecule has 5 heteroatoms. The van der Waals surface area contributed by atoms with E-state index in [9.17, 15) is 9.18 Å². The van der Waals surface area contributed by atoms with E-state index in [0.29, 0.717) is 28.3 Å². The van der Waals surface area contributed by atoms with Crippen LogP contribution in [0.5, 0.6) is 0 Å². The van der Waals surface area contributed by atoms with Crippen LogP contribution in [0.1, 0.15) is 43.1 Å². The minimum absolute atomic E-state index is 0.212. The Morgan fingerprint density at radius 2 is 1.93 bits per heavy atom. The summed E-state index contributed by atoms with van der Waals surface area (Å²) in [7, 11) is 0. The van der Waals surface area contributed by atoms with E-state index in [-0.39, 0.29) is 11.4 Å². The van der Waals surface area contributed by atoms with Crippen molar-refractivity contribution < 1.29 is 9.18 Å². The second-order valence-electron chi connectivity index (χ2n) is 7.95. The van der Waals surface area contributed by atoms with Gasteiger partial charge in [0.05, 0.1) is 5.56 Å². The lowest BCUT2D eigenvalue weighted by molar-refractivity contribution is 0.0894. The predicted octanol–water partition coefficient (Wildman–Crippen LogP) is 5.80. The fourth-order valence-electron chi connectivity index (χ4n) is 3.72. The van der Waals surface area contributed by atoms with Gasteiger partial charge in [0.1, 0.15) is 11.3 Å². The number of aromatic nitrogens is 1. The number of benzene rings is 2. The van der Waals surface area contributed by atoms with Crippen LogP contribution < -0.4 is 5.32 Å². The van der Waals surface area contributed by atoms with Crippen LogP contribution in [0.25, 0.3) is 10.9 Å². The summed E-state index contributed by atoms with van der Waals surface area (Å²) in [6, 6.07) is 14.1. The average Bonchev–Trinajstić information content (AvgIpc) is 2.62. The number of amides is 1. The maximum atomic E-state index is 13.8. The number of nitrogens with zero attached hydrogens (tertiary/aromatic N) is 1. The van der Waals surface area contributed by atoms with E-state index >= 15 is 0 Å². The third-order valence-electron chi connectivity index (χ3n) is 4.71. The quantitative estimate of drug-likeness (QED) is 0.569. The first-order valence-electron chi connectivity index (χ1n) is 9.37. The summed E-state index contributed by atoms with van der Waals surface area (Å²) in [5, 5.41) is 4.47. The molecular weight excluding hydrogens is 375 g/mol. The summed E-state index contributed by atoms with van der Waals surface area (Å²) in [6.07, 6.45) is 2.93. The van der Waals surface area contributed by atoms with Crippen LogP contribution in [0.3, 0.4) is 0 Å². The Morgan fingerprint density at radius 1 is 1.21 bits per heavy atom. The molecule has 1 unspecified atom stereocenters. The molecule has 0 aliphatic carbocycles. The molecule has 146 valence electrons. The van der Waals surface area contributed by atoms with Gasteiger partial charge in [-0.3, -0.25) is 9.78 Å². The normalized spacial score (nSPS) is 13.5. The number of hydrogen-bond donors (Lipinski definition) is 1. The van der Waals surface area contributed by atoms with E-state index in [1.165, 1.54) is 12.3 Å². The SMILES string of the molecule is CC(C)CC(C)(Cc1ccc(Cl)cc1)NC(=O)c1cnc2c(F)cccc2c1. The maximum Gasteiger partial charge on any atom is 0.253 e. The Balaban J connectivity index is 1.85. The lowest BCUT2D eigenvalue weighted by atomic mass is 9.84. The zero-order valence-electron chi connectivity index (χ0n) is 16.3. The van der Waals surface area contributed by atoms with E-state index in [1.54, 1.807) is 18.2 Å². The molecule has 1 amide bonds. The number of para-hydroxylation sites is 1. The number of carbonyl (C=O) groups excluding carboxylic acids is 1. The molecular formula is C23H24ClFN2O. The molecule has 3 nitrogen and oxygen atoms in total. The van der Waals surface area contributed by atoms with Crippen LogP contribution in [0.4, 0.5) is 4.39 Å². The van der Waals surface area contributed by atoms with Crippen molar-refractivity contribution >= 4 is 28.4 Å². The Bertz CT molecular complexity index is 988. The van der Waals surface area contributed by atoms with Gasteiger partial charge in [-0.25, -0.2) is 4.39 Å². The van der Waals surface area contributed by atoms with Gasteiger partial charge in [0.25, 0.3) is 5.91 Å². The van der Waals surface area contributed by atoms with Crippen molar-refractivity contribution in [2.24, 2.45) is 5.92 Å². The summed E-state index contributed by atoms with van der Waals surface area (Å²) in [5.74, 6) is -0.200. The highest BCUT2D eigenvalue weighted by molar-refractivity contribution is 6.30. The minimum atomic E-state index is -0.435. The minimum Gasteiger partial charge on any atom is -0.346 e. The highest BCUT2D eigenvalue weighted by atomic mass is 35.5.